The number of carbonyl (C=O) groups excluding carboxylic acids is 1. The third-order valence-electron chi connectivity index (χ3n) is 2.92. The first-order valence-electron chi connectivity index (χ1n) is 6.06. The number of methoxy groups -OCH3 is 1. The summed E-state index contributed by atoms with van der Waals surface area (Å²) in [6, 6.07) is 7.23. The van der Waals surface area contributed by atoms with Crippen LogP contribution in [-0.2, 0) is 19.1 Å². The van der Waals surface area contributed by atoms with Crippen molar-refractivity contribution in [1.82, 2.24) is 4.89 Å². The van der Waals surface area contributed by atoms with Gasteiger partial charge in [-0.2, -0.15) is 0 Å². The molecule has 1 unspecified atom stereocenters. The van der Waals surface area contributed by atoms with Crippen molar-refractivity contribution in [2.45, 2.75) is 31.8 Å². The van der Waals surface area contributed by atoms with E-state index in [2.05, 4.69) is 22.5 Å². The standard InChI is InChI=1S/C13H17NO5S/c1-13(2)17-10(11(18-13)12(15)19-14-20)8-4-6-9(16-3)7-5-8/h4-7,10-11,14,20H,1-3H3/t10?,11-/m0/s1. The number of carbonyl (C=O) groups is 1. The predicted molar refractivity (Wildman–Crippen MR) is 74.0 cm³/mol. The summed E-state index contributed by atoms with van der Waals surface area (Å²) in [4.78, 5) is 18.6. The van der Waals surface area contributed by atoms with Crippen LogP contribution >= 0.6 is 12.8 Å². The van der Waals surface area contributed by atoms with Gasteiger partial charge in [0.25, 0.3) is 0 Å². The number of nitrogens with one attached hydrogen (secondary N) is 1. The highest BCUT2D eigenvalue weighted by Crippen LogP contribution is 2.39. The first kappa shape index (κ1) is 15.1. The molecule has 7 heteroatoms. The third-order valence-corrected chi connectivity index (χ3v) is 3.01. The van der Waals surface area contributed by atoms with Gasteiger partial charge in [-0.25, -0.2) is 4.79 Å². The molecule has 0 saturated carbocycles. The van der Waals surface area contributed by atoms with E-state index in [-0.39, 0.29) is 0 Å². The van der Waals surface area contributed by atoms with Crippen LogP contribution in [0.25, 0.3) is 0 Å². The van der Waals surface area contributed by atoms with Crippen LogP contribution in [-0.4, -0.2) is 25.0 Å². The second-order valence-corrected chi connectivity index (χ2v) is 4.94. The van der Waals surface area contributed by atoms with Crippen molar-refractivity contribution in [3.8, 4) is 5.75 Å². The molecule has 110 valence electrons. The Balaban J connectivity index is 2.23. The number of ether oxygens (including phenoxy) is 3. The van der Waals surface area contributed by atoms with E-state index in [1.54, 1.807) is 33.1 Å². The van der Waals surface area contributed by atoms with Gasteiger partial charge < -0.3 is 19.0 Å². The maximum atomic E-state index is 11.9. The Hall–Kier alpha value is -1.28. The first-order valence-corrected chi connectivity index (χ1v) is 6.51. The molecule has 0 bridgehead atoms. The number of benzene rings is 1. The average molecular weight is 299 g/mol. The maximum absolute atomic E-state index is 11.9. The Morgan fingerprint density at radius 1 is 1.30 bits per heavy atom. The molecule has 1 saturated heterocycles. The van der Waals surface area contributed by atoms with Gasteiger partial charge in [0.2, 0.25) is 0 Å². The van der Waals surface area contributed by atoms with Gasteiger partial charge in [0.15, 0.2) is 11.9 Å². The minimum Gasteiger partial charge on any atom is -0.497 e. The number of hydrogen-bond acceptors (Lipinski definition) is 7. The molecule has 0 spiro atoms. The van der Waals surface area contributed by atoms with Crippen LogP contribution in [0.2, 0.25) is 0 Å². The molecule has 1 heterocycles. The van der Waals surface area contributed by atoms with Gasteiger partial charge in [-0.3, -0.25) is 0 Å². The molecule has 0 aromatic heterocycles. The molecule has 1 N–H and O–H groups in total. The lowest BCUT2D eigenvalue weighted by atomic mass is 10.0. The SMILES string of the molecule is COc1ccc(C2OC(C)(C)O[C@@H]2C(=O)ONS)cc1. The van der Waals surface area contributed by atoms with E-state index in [1.807, 2.05) is 12.1 Å². The monoisotopic (exact) mass is 299 g/mol. The van der Waals surface area contributed by atoms with E-state index in [0.29, 0.717) is 0 Å². The fourth-order valence-electron chi connectivity index (χ4n) is 2.07. The molecule has 0 amide bonds. The van der Waals surface area contributed by atoms with Crippen molar-refractivity contribution < 1.29 is 23.8 Å². The molecule has 6 nitrogen and oxygen atoms in total. The summed E-state index contributed by atoms with van der Waals surface area (Å²) < 4.78 is 16.5. The second kappa shape index (κ2) is 6.01. The fourth-order valence-corrected chi connectivity index (χ4v) is 2.16. The van der Waals surface area contributed by atoms with Crippen LogP contribution in [0.3, 0.4) is 0 Å². The van der Waals surface area contributed by atoms with Gasteiger partial charge >= 0.3 is 5.97 Å². The Morgan fingerprint density at radius 3 is 2.50 bits per heavy atom. The zero-order valence-corrected chi connectivity index (χ0v) is 12.3. The zero-order valence-electron chi connectivity index (χ0n) is 11.5. The lowest BCUT2D eigenvalue weighted by Gasteiger charge is -2.16. The lowest BCUT2D eigenvalue weighted by molar-refractivity contribution is -0.172. The largest absolute Gasteiger partial charge is 0.497 e. The van der Waals surface area contributed by atoms with Crippen molar-refractivity contribution >= 4 is 18.8 Å². The van der Waals surface area contributed by atoms with Crippen LogP contribution < -0.4 is 9.62 Å². The van der Waals surface area contributed by atoms with Crippen LogP contribution in [0, 0.1) is 0 Å². The molecule has 20 heavy (non-hydrogen) atoms. The quantitative estimate of drug-likeness (QED) is 0.652. The summed E-state index contributed by atoms with van der Waals surface area (Å²) in [6.07, 6.45) is -1.41. The van der Waals surface area contributed by atoms with Gasteiger partial charge in [0, 0.05) is 0 Å². The number of rotatable bonds is 4. The van der Waals surface area contributed by atoms with Gasteiger partial charge in [-0.15, -0.1) is 0 Å². The molecule has 0 radical (unpaired) electrons. The minimum atomic E-state index is -0.870. The van der Waals surface area contributed by atoms with Crippen LogP contribution in [0.1, 0.15) is 25.5 Å². The van der Waals surface area contributed by atoms with Crippen LogP contribution in [0.15, 0.2) is 24.3 Å². The summed E-state index contributed by atoms with van der Waals surface area (Å²) in [5.74, 6) is -0.736. The fraction of sp³-hybridized carbons (Fsp3) is 0.462. The van der Waals surface area contributed by atoms with E-state index in [0.717, 1.165) is 11.3 Å². The molecule has 0 aliphatic carbocycles. The van der Waals surface area contributed by atoms with Crippen molar-refractivity contribution in [3.05, 3.63) is 29.8 Å². The topological polar surface area (TPSA) is 66.0 Å². The minimum absolute atomic E-state index is 0.551. The number of hydrogen-bond donors (Lipinski definition) is 2. The average Bonchev–Trinajstić information content (AvgIpc) is 2.75. The normalized spacial score (nSPS) is 24.4. The predicted octanol–water partition coefficient (Wildman–Crippen LogP) is 1.78. The molecular weight excluding hydrogens is 282 g/mol. The third kappa shape index (κ3) is 3.24. The van der Waals surface area contributed by atoms with E-state index in [9.17, 15) is 4.79 Å². The molecule has 1 aromatic carbocycles. The smallest absolute Gasteiger partial charge is 0.357 e. The van der Waals surface area contributed by atoms with Gasteiger partial charge in [0.1, 0.15) is 11.9 Å². The Bertz CT molecular complexity index is 476. The van der Waals surface area contributed by atoms with Crippen molar-refractivity contribution in [2.75, 3.05) is 7.11 Å². The van der Waals surface area contributed by atoms with Crippen molar-refractivity contribution in [2.24, 2.45) is 0 Å². The molecule has 1 aromatic rings. The van der Waals surface area contributed by atoms with E-state index < -0.39 is 24.0 Å². The summed E-state index contributed by atoms with van der Waals surface area (Å²) in [5.41, 5.74) is 0.803. The second-order valence-electron chi connectivity index (χ2n) is 4.76. The van der Waals surface area contributed by atoms with Crippen molar-refractivity contribution in [3.63, 3.8) is 0 Å². The summed E-state index contributed by atoms with van der Waals surface area (Å²) in [5, 5.41) is 0. The van der Waals surface area contributed by atoms with Crippen LogP contribution in [0.5, 0.6) is 5.75 Å². The van der Waals surface area contributed by atoms with Crippen LogP contribution in [0.4, 0.5) is 0 Å². The highest BCUT2D eigenvalue weighted by atomic mass is 32.1. The van der Waals surface area contributed by atoms with Gasteiger partial charge in [-0.05, 0) is 31.5 Å². The van der Waals surface area contributed by atoms with E-state index >= 15 is 0 Å². The molecule has 1 fully saturated rings. The summed E-state index contributed by atoms with van der Waals surface area (Å²) >= 11 is 3.63. The highest BCUT2D eigenvalue weighted by Gasteiger charge is 2.47. The lowest BCUT2D eigenvalue weighted by Crippen LogP contribution is -2.31. The molecule has 1 aliphatic rings. The Morgan fingerprint density at radius 2 is 1.95 bits per heavy atom. The Kier molecular flexibility index (Phi) is 4.54. The maximum Gasteiger partial charge on any atom is 0.357 e. The highest BCUT2D eigenvalue weighted by molar-refractivity contribution is 7.77. The van der Waals surface area contributed by atoms with Crippen molar-refractivity contribution in [1.29, 1.82) is 0 Å². The van der Waals surface area contributed by atoms with E-state index in [1.165, 1.54) is 0 Å². The van der Waals surface area contributed by atoms with Gasteiger partial charge in [0.05, 0.1) is 7.11 Å². The van der Waals surface area contributed by atoms with E-state index in [4.69, 9.17) is 14.2 Å². The first-order chi connectivity index (χ1) is 9.46. The zero-order chi connectivity index (χ0) is 14.8. The molecule has 2 atom stereocenters. The molecule has 2 rings (SSSR count). The molecular formula is C13H17NO5S. The Labute approximate surface area is 122 Å². The summed E-state index contributed by atoms with van der Waals surface area (Å²) in [6.45, 7) is 3.48. The van der Waals surface area contributed by atoms with Gasteiger partial charge in [-0.1, -0.05) is 29.8 Å². The molecule has 1 aliphatic heterocycles. The summed E-state index contributed by atoms with van der Waals surface area (Å²) in [7, 11) is 1.59. The number of thiol groups is 1.